The molecular formula is C36H35N3O3S. The van der Waals surface area contributed by atoms with E-state index in [1.165, 1.54) is 10.4 Å². The first-order valence-corrected chi connectivity index (χ1v) is 15.4. The summed E-state index contributed by atoms with van der Waals surface area (Å²) in [4.78, 5) is 19.9. The molecule has 3 aromatic carbocycles. The molecule has 2 aromatic heterocycles. The Morgan fingerprint density at radius 2 is 1.53 bits per heavy atom. The van der Waals surface area contributed by atoms with E-state index >= 15 is 0 Å². The van der Waals surface area contributed by atoms with Crippen LogP contribution in [0.25, 0.3) is 5.00 Å². The van der Waals surface area contributed by atoms with Crippen LogP contribution < -0.4 is 14.8 Å². The molecule has 6 rings (SSSR count). The summed E-state index contributed by atoms with van der Waals surface area (Å²) in [6, 6.07) is 25.3. The summed E-state index contributed by atoms with van der Waals surface area (Å²) in [5, 5.41) is 4.15. The fourth-order valence-electron chi connectivity index (χ4n) is 5.53. The number of aryl methyl sites for hydroxylation is 3. The lowest BCUT2D eigenvalue weighted by Crippen LogP contribution is -2.17. The molecule has 2 heterocycles. The number of hydrogen-bond donors (Lipinski definition) is 1. The molecule has 0 spiro atoms. The van der Waals surface area contributed by atoms with Gasteiger partial charge in [0.2, 0.25) is 0 Å². The second-order valence-corrected chi connectivity index (χ2v) is 12.0. The molecule has 0 fully saturated rings. The largest absolute Gasteiger partial charge is 0.497 e. The third kappa shape index (κ3) is 6.13. The second kappa shape index (κ2) is 12.3. The topological polar surface area (TPSA) is 64.8 Å². The van der Waals surface area contributed by atoms with Crippen molar-refractivity contribution in [2.24, 2.45) is 4.99 Å². The van der Waals surface area contributed by atoms with Gasteiger partial charge in [-0.2, -0.15) is 0 Å². The number of rotatable bonds is 8. The maximum atomic E-state index is 13.8. The minimum atomic E-state index is -0.0436. The van der Waals surface area contributed by atoms with Crippen LogP contribution in [0.1, 0.15) is 56.2 Å². The number of amides is 1. The average Bonchev–Trinajstić information content (AvgIpc) is 3.54. The van der Waals surface area contributed by atoms with Crippen LogP contribution in [0.3, 0.4) is 0 Å². The van der Waals surface area contributed by atoms with E-state index in [4.69, 9.17) is 14.5 Å². The second-order valence-electron chi connectivity index (χ2n) is 10.9. The number of aromatic nitrogens is 1. The van der Waals surface area contributed by atoms with Gasteiger partial charge in [0.1, 0.15) is 22.2 Å². The lowest BCUT2D eigenvalue weighted by molar-refractivity contribution is 0.102. The number of nitrogens with zero attached hydrogens (tertiary/aromatic N) is 2. The summed E-state index contributed by atoms with van der Waals surface area (Å²) in [6.07, 6.45) is 6.14. The number of methoxy groups -OCH3 is 1. The van der Waals surface area contributed by atoms with Gasteiger partial charge in [-0.25, -0.2) is 0 Å². The number of anilines is 1. The van der Waals surface area contributed by atoms with Gasteiger partial charge in [-0.3, -0.25) is 9.79 Å². The molecule has 0 atom stereocenters. The molecule has 0 saturated heterocycles. The van der Waals surface area contributed by atoms with Crippen LogP contribution in [0.4, 0.5) is 11.4 Å². The third-order valence-corrected chi connectivity index (χ3v) is 9.12. The quantitative estimate of drug-likeness (QED) is 0.184. The van der Waals surface area contributed by atoms with E-state index < -0.39 is 0 Å². The number of thiophene rings is 1. The smallest absolute Gasteiger partial charge is 0.258 e. The number of carbonyl (C=O) groups is 1. The molecule has 6 nitrogen and oxygen atoms in total. The van der Waals surface area contributed by atoms with Crippen molar-refractivity contribution in [3.63, 3.8) is 0 Å². The summed E-state index contributed by atoms with van der Waals surface area (Å²) in [6.45, 7) is 6.24. The van der Waals surface area contributed by atoms with Crippen molar-refractivity contribution in [2.75, 3.05) is 12.4 Å². The molecule has 0 unspecified atom stereocenters. The first-order chi connectivity index (χ1) is 20.9. The summed E-state index contributed by atoms with van der Waals surface area (Å²) in [5.41, 5.74) is 7.97. The van der Waals surface area contributed by atoms with E-state index in [9.17, 15) is 4.79 Å². The van der Waals surface area contributed by atoms with Crippen molar-refractivity contribution >= 4 is 34.8 Å². The van der Waals surface area contributed by atoms with Crippen LogP contribution in [-0.4, -0.2) is 23.8 Å². The Morgan fingerprint density at radius 1 is 0.884 bits per heavy atom. The highest BCUT2D eigenvalue weighted by atomic mass is 32.1. The van der Waals surface area contributed by atoms with Crippen molar-refractivity contribution in [1.29, 1.82) is 0 Å². The minimum absolute atomic E-state index is 0.0436. The Bertz CT molecular complexity index is 1780. The molecule has 0 radical (unpaired) electrons. The van der Waals surface area contributed by atoms with E-state index in [1.807, 2.05) is 85.9 Å². The number of nitrogens with one attached hydrogen (secondary N) is 1. The Hall–Kier alpha value is -4.62. The molecule has 0 bridgehead atoms. The summed E-state index contributed by atoms with van der Waals surface area (Å²) in [5.74, 6) is 2.22. The zero-order valence-electron chi connectivity index (χ0n) is 24.9. The van der Waals surface area contributed by atoms with Crippen LogP contribution in [-0.2, 0) is 12.8 Å². The maximum absolute atomic E-state index is 13.8. The molecule has 0 aliphatic heterocycles. The van der Waals surface area contributed by atoms with Gasteiger partial charge < -0.3 is 19.4 Å². The molecule has 1 aliphatic rings. The monoisotopic (exact) mass is 589 g/mol. The Kier molecular flexibility index (Phi) is 8.16. The van der Waals surface area contributed by atoms with Gasteiger partial charge >= 0.3 is 0 Å². The van der Waals surface area contributed by atoms with Gasteiger partial charge in [0.05, 0.1) is 18.4 Å². The predicted octanol–water partition coefficient (Wildman–Crippen LogP) is 9.15. The minimum Gasteiger partial charge on any atom is -0.497 e. The zero-order chi connectivity index (χ0) is 29.9. The summed E-state index contributed by atoms with van der Waals surface area (Å²) >= 11 is 1.75. The Morgan fingerprint density at radius 3 is 2.23 bits per heavy atom. The van der Waals surface area contributed by atoms with E-state index in [0.717, 1.165) is 87.4 Å². The van der Waals surface area contributed by atoms with Crippen LogP contribution >= 0.6 is 11.3 Å². The highest BCUT2D eigenvalue weighted by Gasteiger charge is 2.28. The highest BCUT2D eigenvalue weighted by Crippen LogP contribution is 2.39. The van der Waals surface area contributed by atoms with Crippen molar-refractivity contribution in [2.45, 2.75) is 46.5 Å². The molecule has 1 N–H and O–H groups in total. The first-order valence-electron chi connectivity index (χ1n) is 14.6. The van der Waals surface area contributed by atoms with Gasteiger partial charge in [0.25, 0.3) is 5.91 Å². The summed E-state index contributed by atoms with van der Waals surface area (Å²) < 4.78 is 13.4. The molecule has 0 saturated carbocycles. The van der Waals surface area contributed by atoms with E-state index in [0.29, 0.717) is 0 Å². The average molecular weight is 590 g/mol. The number of fused-ring (bicyclic) bond motifs is 1. The van der Waals surface area contributed by atoms with Gasteiger partial charge in [-0.15, -0.1) is 11.3 Å². The number of hydrogen-bond acceptors (Lipinski definition) is 5. The maximum Gasteiger partial charge on any atom is 0.258 e. The number of aliphatic imine (C=N–C) groups is 1. The standard InChI is InChI=1S/C36H35N3O3S/c1-23-9-11-28(12-10-23)38-35(40)34-32-7-5-6-8-33(32)43-36(34)39-24(2)21-26(25(39)3)22-37-27-13-15-30(16-14-27)42-31-19-17-29(41-4)18-20-31/h9-22H,5-8H2,1-4H3,(H,38,40). The molecule has 218 valence electrons. The highest BCUT2D eigenvalue weighted by molar-refractivity contribution is 7.15. The van der Waals surface area contributed by atoms with Crippen LogP contribution in [0, 0.1) is 20.8 Å². The molecule has 7 heteroatoms. The molecule has 43 heavy (non-hydrogen) atoms. The zero-order valence-corrected chi connectivity index (χ0v) is 25.8. The van der Waals surface area contributed by atoms with Gasteiger partial charge in [0, 0.05) is 33.7 Å². The molecule has 1 amide bonds. The Balaban J connectivity index is 1.25. The lowest BCUT2D eigenvalue weighted by Gasteiger charge is -2.14. The van der Waals surface area contributed by atoms with Crippen LogP contribution in [0.2, 0.25) is 0 Å². The SMILES string of the molecule is COc1ccc(Oc2ccc(N=Cc3cc(C)n(-c4sc5c(c4C(=O)Nc4ccc(C)cc4)CCCC5)c3C)cc2)cc1. The molecule has 5 aromatic rings. The van der Waals surface area contributed by atoms with Crippen LogP contribution in [0.15, 0.2) is 83.9 Å². The number of benzene rings is 3. The normalized spacial score (nSPS) is 12.7. The van der Waals surface area contributed by atoms with Crippen molar-refractivity contribution < 1.29 is 14.3 Å². The Labute approximate surface area is 256 Å². The fraction of sp³-hybridized carbons (Fsp3) is 0.222. The van der Waals surface area contributed by atoms with Gasteiger partial charge in [0.15, 0.2) is 0 Å². The first kappa shape index (κ1) is 28.5. The van der Waals surface area contributed by atoms with Crippen molar-refractivity contribution in [1.82, 2.24) is 4.57 Å². The molecule has 1 aliphatic carbocycles. The van der Waals surface area contributed by atoms with Crippen molar-refractivity contribution in [3.8, 4) is 22.2 Å². The van der Waals surface area contributed by atoms with Crippen LogP contribution in [0.5, 0.6) is 17.2 Å². The molecular weight excluding hydrogens is 554 g/mol. The van der Waals surface area contributed by atoms with E-state index in [-0.39, 0.29) is 5.91 Å². The number of carbonyl (C=O) groups excluding carboxylic acids is 1. The summed E-state index contributed by atoms with van der Waals surface area (Å²) in [7, 11) is 1.64. The fourth-order valence-corrected chi connectivity index (χ4v) is 7.03. The lowest BCUT2D eigenvalue weighted by atomic mass is 9.95. The van der Waals surface area contributed by atoms with Gasteiger partial charge in [-0.1, -0.05) is 17.7 Å². The van der Waals surface area contributed by atoms with E-state index in [1.54, 1.807) is 18.4 Å². The van der Waals surface area contributed by atoms with Gasteiger partial charge in [-0.05, 0) is 119 Å². The van der Waals surface area contributed by atoms with Crippen molar-refractivity contribution in [3.05, 3.63) is 117 Å². The third-order valence-electron chi connectivity index (χ3n) is 7.85. The van der Waals surface area contributed by atoms with E-state index in [2.05, 4.69) is 29.8 Å². The number of ether oxygens (including phenoxy) is 2. The predicted molar refractivity (Wildman–Crippen MR) is 176 cm³/mol.